The summed E-state index contributed by atoms with van der Waals surface area (Å²) in [5.74, 6) is -3.37. The first-order valence-electron chi connectivity index (χ1n) is 5.76. The largest absolute Gasteiger partial charge is 0.478 e. The molecule has 0 aliphatic heterocycles. The summed E-state index contributed by atoms with van der Waals surface area (Å²) >= 11 is 0. The molecule has 0 fully saturated rings. The fourth-order valence-electron chi connectivity index (χ4n) is 1.65. The van der Waals surface area contributed by atoms with Crippen molar-refractivity contribution in [2.75, 3.05) is 0 Å². The van der Waals surface area contributed by atoms with Crippen LogP contribution >= 0.6 is 0 Å². The molecule has 0 saturated carbocycles. The summed E-state index contributed by atoms with van der Waals surface area (Å²) in [6.07, 6.45) is -3.81. The maximum Gasteiger partial charge on any atom is 0.434 e. The molecule has 0 bridgehead atoms. The Balaban J connectivity index is 3.51. The molecule has 20 heavy (non-hydrogen) atoms. The van der Waals surface area contributed by atoms with Crippen molar-refractivity contribution in [2.45, 2.75) is 32.4 Å². The van der Waals surface area contributed by atoms with Crippen molar-refractivity contribution < 1.29 is 33.0 Å². The average Bonchev–Trinajstić information content (AvgIpc) is 2.33. The van der Waals surface area contributed by atoms with Crippen LogP contribution in [0.3, 0.4) is 0 Å². The van der Waals surface area contributed by atoms with E-state index in [1.54, 1.807) is 6.92 Å². The number of carboxylic acids is 2. The van der Waals surface area contributed by atoms with Crippen LogP contribution in [0.4, 0.5) is 13.2 Å². The Morgan fingerprint density at radius 1 is 1.20 bits per heavy atom. The molecular formula is C12H12F3NO4. The summed E-state index contributed by atoms with van der Waals surface area (Å²) < 4.78 is 38.3. The topological polar surface area (TPSA) is 87.5 Å². The van der Waals surface area contributed by atoms with E-state index in [2.05, 4.69) is 4.98 Å². The van der Waals surface area contributed by atoms with Gasteiger partial charge in [0.2, 0.25) is 0 Å². The van der Waals surface area contributed by atoms with Gasteiger partial charge in [-0.1, -0.05) is 13.3 Å². The number of hydrogen-bond acceptors (Lipinski definition) is 3. The molecule has 1 rings (SSSR count). The van der Waals surface area contributed by atoms with Gasteiger partial charge in [-0.25, -0.2) is 14.6 Å². The number of aromatic carboxylic acids is 2. The fraction of sp³-hybridized carbons (Fsp3) is 0.417. The molecule has 5 nitrogen and oxygen atoms in total. The Morgan fingerprint density at radius 3 is 2.15 bits per heavy atom. The van der Waals surface area contributed by atoms with Crippen LogP contribution in [0.1, 0.15) is 51.9 Å². The Morgan fingerprint density at radius 2 is 1.75 bits per heavy atom. The Labute approximate surface area is 112 Å². The van der Waals surface area contributed by atoms with Gasteiger partial charge in [0.05, 0.1) is 16.8 Å². The van der Waals surface area contributed by atoms with Crippen molar-refractivity contribution in [3.8, 4) is 0 Å². The molecule has 0 amide bonds. The number of nitrogens with zero attached hydrogens (tertiary/aromatic N) is 1. The van der Waals surface area contributed by atoms with E-state index in [0.717, 1.165) is 0 Å². The highest BCUT2D eigenvalue weighted by molar-refractivity contribution is 5.95. The normalized spacial score (nSPS) is 11.4. The first-order chi connectivity index (χ1) is 9.18. The molecule has 0 aliphatic carbocycles. The number of unbranched alkanes of at least 4 members (excludes halogenated alkanes) is 1. The molecule has 0 spiro atoms. The molecule has 0 aromatic carbocycles. The summed E-state index contributed by atoms with van der Waals surface area (Å²) in [7, 11) is 0. The van der Waals surface area contributed by atoms with Gasteiger partial charge in [0.1, 0.15) is 0 Å². The molecule has 1 heterocycles. The standard InChI is InChI=1S/C12H12F3NO4/c1-2-3-4-8-6(10(17)18)5-7(11(19)20)9(16-8)12(13,14)15/h5H,2-4H2,1H3,(H,17,18)(H,19,20). The van der Waals surface area contributed by atoms with Gasteiger partial charge in [-0.15, -0.1) is 0 Å². The lowest BCUT2D eigenvalue weighted by Crippen LogP contribution is -2.19. The van der Waals surface area contributed by atoms with E-state index in [1.165, 1.54) is 0 Å². The molecule has 1 aromatic rings. The first-order valence-corrected chi connectivity index (χ1v) is 5.76. The molecule has 2 N–H and O–H groups in total. The number of halogens is 3. The summed E-state index contributed by atoms with van der Waals surface area (Å²) in [6.45, 7) is 1.79. The molecule has 0 atom stereocenters. The van der Waals surface area contributed by atoms with Crippen LogP contribution in [-0.4, -0.2) is 27.1 Å². The van der Waals surface area contributed by atoms with Gasteiger partial charge < -0.3 is 10.2 Å². The van der Waals surface area contributed by atoms with E-state index in [9.17, 15) is 22.8 Å². The van der Waals surface area contributed by atoms with Crippen LogP contribution in [0.2, 0.25) is 0 Å². The van der Waals surface area contributed by atoms with E-state index in [0.29, 0.717) is 18.9 Å². The molecule has 0 radical (unpaired) electrons. The Kier molecular flexibility index (Phi) is 4.69. The minimum absolute atomic E-state index is 0.0428. The third kappa shape index (κ3) is 3.46. The van der Waals surface area contributed by atoms with Crippen molar-refractivity contribution >= 4 is 11.9 Å². The van der Waals surface area contributed by atoms with Crippen LogP contribution in [0.25, 0.3) is 0 Å². The summed E-state index contributed by atoms with van der Waals surface area (Å²) in [5, 5.41) is 17.7. The van der Waals surface area contributed by atoms with Gasteiger partial charge in [0, 0.05) is 0 Å². The van der Waals surface area contributed by atoms with Gasteiger partial charge in [0.25, 0.3) is 0 Å². The molecule has 1 aromatic heterocycles. The monoisotopic (exact) mass is 291 g/mol. The molecule has 0 unspecified atom stereocenters. The second-order valence-electron chi connectivity index (χ2n) is 4.09. The summed E-state index contributed by atoms with van der Waals surface area (Å²) in [6, 6.07) is 0.519. The van der Waals surface area contributed by atoms with Crippen LogP contribution in [0, 0.1) is 0 Å². The zero-order valence-corrected chi connectivity index (χ0v) is 10.5. The lowest BCUT2D eigenvalue weighted by molar-refractivity contribution is -0.141. The molecule has 0 saturated heterocycles. The van der Waals surface area contributed by atoms with Crippen molar-refractivity contribution in [1.82, 2.24) is 4.98 Å². The van der Waals surface area contributed by atoms with Crippen LogP contribution in [0.15, 0.2) is 6.07 Å². The maximum atomic E-state index is 12.8. The number of aryl methyl sites for hydroxylation is 1. The second kappa shape index (κ2) is 5.89. The van der Waals surface area contributed by atoms with Gasteiger partial charge in [-0.05, 0) is 18.9 Å². The van der Waals surface area contributed by atoms with Crippen LogP contribution < -0.4 is 0 Å². The number of hydrogen-bond donors (Lipinski definition) is 2. The lowest BCUT2D eigenvalue weighted by Gasteiger charge is -2.13. The number of alkyl halides is 3. The van der Waals surface area contributed by atoms with E-state index in [-0.39, 0.29) is 12.1 Å². The highest BCUT2D eigenvalue weighted by Crippen LogP contribution is 2.32. The lowest BCUT2D eigenvalue weighted by atomic mass is 10.0. The maximum absolute atomic E-state index is 12.8. The fourth-order valence-corrected chi connectivity index (χ4v) is 1.65. The van der Waals surface area contributed by atoms with Crippen molar-refractivity contribution in [3.05, 3.63) is 28.6 Å². The third-order valence-corrected chi connectivity index (χ3v) is 2.60. The summed E-state index contributed by atoms with van der Waals surface area (Å²) in [5.41, 5.74) is -3.49. The van der Waals surface area contributed by atoms with Crippen LogP contribution in [0.5, 0.6) is 0 Å². The van der Waals surface area contributed by atoms with Gasteiger partial charge in [0.15, 0.2) is 5.69 Å². The van der Waals surface area contributed by atoms with Crippen molar-refractivity contribution in [3.63, 3.8) is 0 Å². The SMILES string of the molecule is CCCCc1nc(C(F)(F)F)c(C(=O)O)cc1C(=O)O. The number of aromatic nitrogens is 1. The Bertz CT molecular complexity index is 540. The minimum atomic E-state index is -4.95. The van der Waals surface area contributed by atoms with E-state index in [1.807, 2.05) is 0 Å². The van der Waals surface area contributed by atoms with Crippen molar-refractivity contribution in [1.29, 1.82) is 0 Å². The van der Waals surface area contributed by atoms with E-state index < -0.39 is 34.9 Å². The number of pyridine rings is 1. The molecule has 8 heteroatoms. The molecular weight excluding hydrogens is 279 g/mol. The third-order valence-electron chi connectivity index (χ3n) is 2.60. The Hall–Kier alpha value is -2.12. The van der Waals surface area contributed by atoms with E-state index >= 15 is 0 Å². The predicted molar refractivity (Wildman–Crippen MR) is 61.8 cm³/mol. The summed E-state index contributed by atoms with van der Waals surface area (Å²) in [4.78, 5) is 25.1. The average molecular weight is 291 g/mol. The van der Waals surface area contributed by atoms with Crippen LogP contribution in [-0.2, 0) is 12.6 Å². The second-order valence-corrected chi connectivity index (χ2v) is 4.09. The van der Waals surface area contributed by atoms with Crippen molar-refractivity contribution in [2.24, 2.45) is 0 Å². The predicted octanol–water partition coefficient (Wildman–Crippen LogP) is 2.84. The van der Waals surface area contributed by atoms with Gasteiger partial charge >= 0.3 is 18.1 Å². The van der Waals surface area contributed by atoms with Gasteiger partial charge in [-0.2, -0.15) is 13.2 Å². The van der Waals surface area contributed by atoms with E-state index in [4.69, 9.17) is 10.2 Å². The number of carbonyl (C=O) groups is 2. The quantitative estimate of drug-likeness (QED) is 0.871. The highest BCUT2D eigenvalue weighted by Gasteiger charge is 2.38. The minimum Gasteiger partial charge on any atom is -0.478 e. The number of carboxylic acid groups (broad SMARTS) is 2. The molecule has 0 aliphatic rings. The zero-order valence-electron chi connectivity index (χ0n) is 10.5. The van der Waals surface area contributed by atoms with Gasteiger partial charge in [-0.3, -0.25) is 0 Å². The highest BCUT2D eigenvalue weighted by atomic mass is 19.4. The molecule has 110 valence electrons. The first kappa shape index (κ1) is 15.9. The zero-order chi connectivity index (χ0) is 15.5. The smallest absolute Gasteiger partial charge is 0.434 e. The number of rotatable bonds is 5.